The molecule has 0 aliphatic rings. The summed E-state index contributed by atoms with van der Waals surface area (Å²) in [6.07, 6.45) is 0. The molecule has 0 fully saturated rings. The second kappa shape index (κ2) is 5.76. The molecule has 0 heterocycles. The van der Waals surface area contributed by atoms with E-state index >= 15 is 0 Å². The third-order valence-corrected chi connectivity index (χ3v) is 3.06. The Morgan fingerprint density at radius 3 is 2.26 bits per heavy atom. The molecule has 0 aliphatic carbocycles. The Bertz CT molecular complexity index is 591. The lowest BCUT2D eigenvalue weighted by Crippen LogP contribution is -2.00. The van der Waals surface area contributed by atoms with Crippen molar-refractivity contribution in [2.45, 2.75) is 6.92 Å². The van der Waals surface area contributed by atoms with Gasteiger partial charge in [-0.05, 0) is 55.0 Å². The Kier molecular flexibility index (Phi) is 4.07. The van der Waals surface area contributed by atoms with E-state index in [1.807, 2.05) is 13.0 Å². The third kappa shape index (κ3) is 3.26. The van der Waals surface area contributed by atoms with Crippen LogP contribution >= 0.6 is 11.6 Å². The van der Waals surface area contributed by atoms with E-state index in [1.54, 1.807) is 36.4 Å². The van der Waals surface area contributed by atoms with Gasteiger partial charge in [-0.15, -0.1) is 0 Å². The van der Waals surface area contributed by atoms with Gasteiger partial charge in [0, 0.05) is 5.02 Å². The van der Waals surface area contributed by atoms with Crippen LogP contribution in [0.25, 0.3) is 0 Å². The maximum atomic E-state index is 11.3. The van der Waals surface area contributed by atoms with E-state index in [9.17, 15) is 4.79 Å². The summed E-state index contributed by atoms with van der Waals surface area (Å²) in [7, 11) is 1.35. The van der Waals surface area contributed by atoms with Gasteiger partial charge in [0.1, 0.15) is 11.5 Å². The number of aryl methyl sites for hydroxylation is 1. The van der Waals surface area contributed by atoms with Gasteiger partial charge in [-0.3, -0.25) is 0 Å². The number of rotatable bonds is 3. The van der Waals surface area contributed by atoms with E-state index < -0.39 is 0 Å². The van der Waals surface area contributed by atoms with Crippen molar-refractivity contribution in [1.82, 2.24) is 0 Å². The number of carbonyl (C=O) groups excluding carboxylic acids is 1. The first-order valence-electron chi connectivity index (χ1n) is 5.72. The van der Waals surface area contributed by atoms with E-state index in [1.165, 1.54) is 7.11 Å². The zero-order valence-corrected chi connectivity index (χ0v) is 11.4. The Balaban J connectivity index is 2.15. The molecule has 98 valence electrons. The smallest absolute Gasteiger partial charge is 0.337 e. The second-order valence-corrected chi connectivity index (χ2v) is 4.44. The molecule has 19 heavy (non-hydrogen) atoms. The normalized spacial score (nSPS) is 10.1. The minimum atomic E-state index is -0.367. The van der Waals surface area contributed by atoms with Crippen molar-refractivity contribution in [3.8, 4) is 11.5 Å². The molecule has 0 amide bonds. The van der Waals surface area contributed by atoms with Crippen LogP contribution < -0.4 is 4.74 Å². The summed E-state index contributed by atoms with van der Waals surface area (Å²) in [6.45, 7) is 1.91. The summed E-state index contributed by atoms with van der Waals surface area (Å²) in [5, 5.41) is 0.702. The van der Waals surface area contributed by atoms with E-state index in [0.29, 0.717) is 22.1 Å². The van der Waals surface area contributed by atoms with E-state index in [4.69, 9.17) is 16.3 Å². The van der Waals surface area contributed by atoms with E-state index in [0.717, 1.165) is 5.56 Å². The number of benzene rings is 2. The summed E-state index contributed by atoms with van der Waals surface area (Å²) >= 11 is 5.95. The van der Waals surface area contributed by atoms with Gasteiger partial charge in [0.25, 0.3) is 0 Å². The van der Waals surface area contributed by atoms with Crippen LogP contribution in [0.4, 0.5) is 0 Å². The molecule has 0 aromatic heterocycles. The number of hydrogen-bond donors (Lipinski definition) is 0. The van der Waals surface area contributed by atoms with Gasteiger partial charge in [-0.2, -0.15) is 0 Å². The molecule has 0 spiro atoms. The predicted octanol–water partition coefficient (Wildman–Crippen LogP) is 4.23. The monoisotopic (exact) mass is 276 g/mol. The van der Waals surface area contributed by atoms with Gasteiger partial charge < -0.3 is 9.47 Å². The standard InChI is InChI=1S/C15H13ClO3/c1-10-9-13(7-8-14(10)16)19-12-5-3-11(4-6-12)15(17)18-2/h3-9H,1-2H3. The van der Waals surface area contributed by atoms with Crippen molar-refractivity contribution < 1.29 is 14.3 Å². The summed E-state index contributed by atoms with van der Waals surface area (Å²) in [5.41, 5.74) is 1.44. The Hall–Kier alpha value is -2.00. The lowest BCUT2D eigenvalue weighted by atomic mass is 10.2. The number of halogens is 1. The lowest BCUT2D eigenvalue weighted by Gasteiger charge is -2.07. The molecule has 0 N–H and O–H groups in total. The Morgan fingerprint density at radius 1 is 1.05 bits per heavy atom. The van der Waals surface area contributed by atoms with Crippen LogP contribution in [-0.2, 0) is 4.74 Å². The summed E-state index contributed by atoms with van der Waals surface area (Å²) < 4.78 is 10.3. The fraction of sp³-hybridized carbons (Fsp3) is 0.133. The molecule has 0 saturated carbocycles. The molecule has 0 bridgehead atoms. The minimum absolute atomic E-state index is 0.367. The van der Waals surface area contributed by atoms with Gasteiger partial charge >= 0.3 is 5.97 Å². The molecule has 4 heteroatoms. The minimum Gasteiger partial charge on any atom is -0.465 e. The van der Waals surface area contributed by atoms with Crippen LogP contribution in [0.5, 0.6) is 11.5 Å². The molecule has 2 rings (SSSR count). The van der Waals surface area contributed by atoms with Gasteiger partial charge in [-0.1, -0.05) is 11.6 Å². The van der Waals surface area contributed by atoms with Crippen LogP contribution in [0.1, 0.15) is 15.9 Å². The highest BCUT2D eigenvalue weighted by molar-refractivity contribution is 6.31. The van der Waals surface area contributed by atoms with Gasteiger partial charge in [0.15, 0.2) is 0 Å². The van der Waals surface area contributed by atoms with Gasteiger partial charge in [0.2, 0.25) is 0 Å². The second-order valence-electron chi connectivity index (χ2n) is 4.03. The number of esters is 1. The topological polar surface area (TPSA) is 35.5 Å². The quantitative estimate of drug-likeness (QED) is 0.787. The molecule has 0 atom stereocenters. The maximum Gasteiger partial charge on any atom is 0.337 e. The third-order valence-electron chi connectivity index (χ3n) is 2.64. The van der Waals surface area contributed by atoms with E-state index in [2.05, 4.69) is 4.74 Å². The van der Waals surface area contributed by atoms with Crippen LogP contribution in [0.2, 0.25) is 5.02 Å². The Morgan fingerprint density at radius 2 is 1.68 bits per heavy atom. The Labute approximate surface area is 116 Å². The average Bonchev–Trinajstić information content (AvgIpc) is 2.43. The molecule has 2 aromatic carbocycles. The van der Waals surface area contributed by atoms with E-state index in [-0.39, 0.29) is 5.97 Å². The maximum absolute atomic E-state index is 11.3. The first-order chi connectivity index (χ1) is 9.10. The largest absolute Gasteiger partial charge is 0.465 e. The van der Waals surface area contributed by atoms with Gasteiger partial charge in [0.05, 0.1) is 12.7 Å². The fourth-order valence-corrected chi connectivity index (χ4v) is 1.71. The van der Waals surface area contributed by atoms with Crippen molar-refractivity contribution in [3.05, 3.63) is 58.6 Å². The molecule has 0 saturated heterocycles. The number of carbonyl (C=O) groups is 1. The van der Waals surface area contributed by atoms with Crippen LogP contribution in [0.3, 0.4) is 0 Å². The fourth-order valence-electron chi connectivity index (χ4n) is 1.59. The number of ether oxygens (including phenoxy) is 2. The van der Waals surface area contributed by atoms with Crippen molar-refractivity contribution in [3.63, 3.8) is 0 Å². The highest BCUT2D eigenvalue weighted by Crippen LogP contribution is 2.26. The van der Waals surface area contributed by atoms with Crippen molar-refractivity contribution in [2.75, 3.05) is 7.11 Å². The van der Waals surface area contributed by atoms with Crippen LogP contribution in [0.15, 0.2) is 42.5 Å². The predicted molar refractivity (Wildman–Crippen MR) is 74.0 cm³/mol. The highest BCUT2D eigenvalue weighted by atomic mass is 35.5. The van der Waals surface area contributed by atoms with Crippen molar-refractivity contribution in [2.24, 2.45) is 0 Å². The summed E-state index contributed by atoms with van der Waals surface area (Å²) in [4.78, 5) is 11.3. The first-order valence-corrected chi connectivity index (χ1v) is 6.10. The zero-order valence-electron chi connectivity index (χ0n) is 10.6. The average molecular weight is 277 g/mol. The van der Waals surface area contributed by atoms with Crippen LogP contribution in [-0.4, -0.2) is 13.1 Å². The van der Waals surface area contributed by atoms with Crippen LogP contribution in [0, 0.1) is 6.92 Å². The molecular formula is C15H13ClO3. The summed E-state index contributed by atoms with van der Waals surface area (Å²) in [6, 6.07) is 12.2. The number of hydrogen-bond acceptors (Lipinski definition) is 3. The van der Waals surface area contributed by atoms with Crippen molar-refractivity contribution in [1.29, 1.82) is 0 Å². The lowest BCUT2D eigenvalue weighted by molar-refractivity contribution is 0.0600. The molecule has 2 aromatic rings. The molecule has 0 radical (unpaired) electrons. The molecule has 0 aliphatic heterocycles. The zero-order chi connectivity index (χ0) is 13.8. The highest BCUT2D eigenvalue weighted by Gasteiger charge is 2.05. The molecule has 0 unspecified atom stereocenters. The molecular weight excluding hydrogens is 264 g/mol. The van der Waals surface area contributed by atoms with Crippen molar-refractivity contribution >= 4 is 17.6 Å². The summed E-state index contributed by atoms with van der Waals surface area (Å²) in [5.74, 6) is 0.982. The SMILES string of the molecule is COC(=O)c1ccc(Oc2ccc(Cl)c(C)c2)cc1. The molecule has 3 nitrogen and oxygen atoms in total. The number of methoxy groups -OCH3 is 1. The first kappa shape index (κ1) is 13.4. The van der Waals surface area contributed by atoms with Gasteiger partial charge in [-0.25, -0.2) is 4.79 Å².